The molecule has 2 aliphatic carbocycles. The summed E-state index contributed by atoms with van der Waals surface area (Å²) in [4.78, 5) is 11.9. The summed E-state index contributed by atoms with van der Waals surface area (Å²) in [6, 6.07) is 0. The molecule has 0 saturated heterocycles. The van der Waals surface area contributed by atoms with Gasteiger partial charge in [-0.05, 0) is 64.7 Å². The van der Waals surface area contributed by atoms with Gasteiger partial charge in [-0.1, -0.05) is 6.42 Å². The summed E-state index contributed by atoms with van der Waals surface area (Å²) < 4.78 is 5.46. The largest absolute Gasteiger partial charge is 0.460 e. The quantitative estimate of drug-likeness (QED) is 0.635. The summed E-state index contributed by atoms with van der Waals surface area (Å²) in [7, 11) is 0. The van der Waals surface area contributed by atoms with E-state index in [4.69, 9.17) is 4.74 Å². The maximum Gasteiger partial charge on any atom is 0.309 e. The van der Waals surface area contributed by atoms with Crippen molar-refractivity contribution >= 4 is 5.97 Å². The smallest absolute Gasteiger partial charge is 0.309 e. The zero-order chi connectivity index (χ0) is 11.8. The van der Waals surface area contributed by atoms with Gasteiger partial charge < -0.3 is 4.74 Å². The molecular weight excluding hydrogens is 200 g/mol. The molecule has 0 amide bonds. The predicted molar refractivity (Wildman–Crippen MR) is 64.1 cm³/mol. The van der Waals surface area contributed by atoms with E-state index >= 15 is 0 Å². The normalized spacial score (nSPS) is 25.2. The van der Waals surface area contributed by atoms with E-state index in [-0.39, 0.29) is 17.5 Å². The van der Waals surface area contributed by atoms with E-state index in [9.17, 15) is 4.79 Å². The highest BCUT2D eigenvalue weighted by Crippen LogP contribution is 2.52. The van der Waals surface area contributed by atoms with Gasteiger partial charge in [0.2, 0.25) is 0 Å². The van der Waals surface area contributed by atoms with E-state index in [1.54, 1.807) is 0 Å². The lowest BCUT2D eigenvalue weighted by Gasteiger charge is -2.46. The van der Waals surface area contributed by atoms with Crippen molar-refractivity contribution in [3.8, 4) is 0 Å². The minimum atomic E-state index is -0.331. The van der Waals surface area contributed by atoms with Gasteiger partial charge in [-0.15, -0.1) is 0 Å². The van der Waals surface area contributed by atoms with Gasteiger partial charge in [0, 0.05) is 0 Å². The van der Waals surface area contributed by atoms with Crippen LogP contribution < -0.4 is 0 Å². The molecule has 0 aromatic rings. The van der Waals surface area contributed by atoms with Gasteiger partial charge in [-0.25, -0.2) is 0 Å². The highest BCUT2D eigenvalue weighted by Gasteiger charge is 2.42. The van der Waals surface area contributed by atoms with Gasteiger partial charge in [0.1, 0.15) is 5.60 Å². The number of rotatable bonds is 1. The molecule has 0 radical (unpaired) electrons. The third-order valence-electron chi connectivity index (χ3n) is 4.20. The van der Waals surface area contributed by atoms with Crippen molar-refractivity contribution in [1.29, 1.82) is 0 Å². The first-order valence-electron chi connectivity index (χ1n) is 6.63. The fourth-order valence-corrected chi connectivity index (χ4v) is 3.03. The SMILES string of the molecule is CC(C)(C)OC(=O)C1CCC2(CCC2)CC1. The van der Waals surface area contributed by atoms with E-state index in [0.717, 1.165) is 12.8 Å². The Balaban J connectivity index is 1.82. The van der Waals surface area contributed by atoms with Crippen molar-refractivity contribution in [2.75, 3.05) is 0 Å². The fraction of sp³-hybridized carbons (Fsp3) is 0.929. The zero-order valence-electron chi connectivity index (χ0n) is 10.8. The van der Waals surface area contributed by atoms with E-state index in [1.165, 1.54) is 32.1 Å². The average Bonchev–Trinajstić information content (AvgIpc) is 2.13. The molecule has 16 heavy (non-hydrogen) atoms. The maximum absolute atomic E-state index is 11.9. The van der Waals surface area contributed by atoms with Crippen LogP contribution in [0.4, 0.5) is 0 Å². The minimum absolute atomic E-state index is 0.0293. The number of hydrogen-bond acceptors (Lipinski definition) is 2. The molecule has 0 atom stereocenters. The van der Waals surface area contributed by atoms with Crippen LogP contribution in [0.3, 0.4) is 0 Å². The molecule has 0 heterocycles. The molecule has 0 aliphatic heterocycles. The lowest BCUT2D eigenvalue weighted by atomic mass is 9.59. The Kier molecular flexibility index (Phi) is 3.02. The Morgan fingerprint density at radius 3 is 2.06 bits per heavy atom. The van der Waals surface area contributed by atoms with E-state index < -0.39 is 0 Å². The van der Waals surface area contributed by atoms with Gasteiger partial charge in [-0.3, -0.25) is 4.79 Å². The molecule has 1 spiro atoms. The third-order valence-corrected chi connectivity index (χ3v) is 4.20. The molecule has 2 rings (SSSR count). The summed E-state index contributed by atoms with van der Waals surface area (Å²) in [5.74, 6) is 0.201. The van der Waals surface area contributed by atoms with Crippen molar-refractivity contribution in [3.05, 3.63) is 0 Å². The van der Waals surface area contributed by atoms with Crippen LogP contribution in [0.1, 0.15) is 65.7 Å². The number of hydrogen-bond donors (Lipinski definition) is 0. The average molecular weight is 224 g/mol. The highest BCUT2D eigenvalue weighted by atomic mass is 16.6. The first-order valence-corrected chi connectivity index (χ1v) is 6.63. The van der Waals surface area contributed by atoms with Crippen LogP contribution in [0.25, 0.3) is 0 Å². The first-order chi connectivity index (χ1) is 7.40. The minimum Gasteiger partial charge on any atom is -0.460 e. The van der Waals surface area contributed by atoms with Crippen LogP contribution >= 0.6 is 0 Å². The molecule has 2 heteroatoms. The molecule has 0 N–H and O–H groups in total. The number of ether oxygens (including phenoxy) is 1. The lowest BCUT2D eigenvalue weighted by Crippen LogP contribution is -2.37. The molecular formula is C14H24O2. The summed E-state index contributed by atoms with van der Waals surface area (Å²) in [5, 5.41) is 0. The standard InChI is InChI=1S/C14H24O2/c1-13(2,3)16-12(15)11-5-9-14(10-6-11)7-4-8-14/h11H,4-10H2,1-3H3. The third kappa shape index (κ3) is 2.58. The molecule has 2 nitrogen and oxygen atoms in total. The summed E-state index contributed by atoms with van der Waals surface area (Å²) in [6.07, 6.45) is 8.79. The Labute approximate surface area is 98.7 Å². The molecule has 2 saturated carbocycles. The fourth-order valence-electron chi connectivity index (χ4n) is 3.03. The van der Waals surface area contributed by atoms with Crippen LogP contribution in [-0.4, -0.2) is 11.6 Å². The van der Waals surface area contributed by atoms with Crippen molar-refractivity contribution in [2.24, 2.45) is 11.3 Å². The maximum atomic E-state index is 11.9. The molecule has 0 aromatic heterocycles. The number of carbonyl (C=O) groups is 1. The zero-order valence-corrected chi connectivity index (χ0v) is 10.8. The highest BCUT2D eigenvalue weighted by molar-refractivity contribution is 5.73. The second-order valence-electron chi connectivity index (χ2n) is 6.66. The number of esters is 1. The Morgan fingerprint density at radius 1 is 1.12 bits per heavy atom. The monoisotopic (exact) mass is 224 g/mol. The van der Waals surface area contributed by atoms with Crippen molar-refractivity contribution in [1.82, 2.24) is 0 Å². The van der Waals surface area contributed by atoms with E-state index in [2.05, 4.69) is 0 Å². The summed E-state index contributed by atoms with van der Waals surface area (Å²) in [6.45, 7) is 5.84. The van der Waals surface area contributed by atoms with Gasteiger partial charge in [0.15, 0.2) is 0 Å². The predicted octanol–water partition coefficient (Wildman–Crippen LogP) is 3.69. The molecule has 0 bridgehead atoms. The molecule has 2 fully saturated rings. The van der Waals surface area contributed by atoms with Gasteiger partial charge in [0.25, 0.3) is 0 Å². The van der Waals surface area contributed by atoms with Crippen LogP contribution in [0.5, 0.6) is 0 Å². The van der Waals surface area contributed by atoms with Crippen molar-refractivity contribution in [2.45, 2.75) is 71.3 Å². The van der Waals surface area contributed by atoms with Crippen LogP contribution in [0.2, 0.25) is 0 Å². The topological polar surface area (TPSA) is 26.3 Å². The number of carbonyl (C=O) groups excluding carboxylic acids is 1. The van der Waals surface area contributed by atoms with Crippen LogP contribution in [0, 0.1) is 11.3 Å². The van der Waals surface area contributed by atoms with Gasteiger partial charge in [0.05, 0.1) is 5.92 Å². The first kappa shape index (κ1) is 11.9. The summed E-state index contributed by atoms with van der Waals surface area (Å²) >= 11 is 0. The second kappa shape index (κ2) is 4.05. The Bertz CT molecular complexity index is 261. The van der Waals surface area contributed by atoms with Crippen LogP contribution in [0.15, 0.2) is 0 Å². The molecule has 0 unspecified atom stereocenters. The van der Waals surface area contributed by atoms with Gasteiger partial charge >= 0.3 is 5.97 Å². The van der Waals surface area contributed by atoms with E-state index in [0.29, 0.717) is 5.41 Å². The molecule has 92 valence electrons. The van der Waals surface area contributed by atoms with Crippen molar-refractivity contribution in [3.63, 3.8) is 0 Å². The second-order valence-corrected chi connectivity index (χ2v) is 6.66. The lowest BCUT2D eigenvalue weighted by molar-refractivity contribution is -0.162. The van der Waals surface area contributed by atoms with Crippen LogP contribution in [-0.2, 0) is 9.53 Å². The molecule has 2 aliphatic rings. The van der Waals surface area contributed by atoms with E-state index in [1.807, 2.05) is 20.8 Å². The Hall–Kier alpha value is -0.530. The molecule has 0 aromatic carbocycles. The Morgan fingerprint density at radius 2 is 1.69 bits per heavy atom. The van der Waals surface area contributed by atoms with Gasteiger partial charge in [-0.2, -0.15) is 0 Å². The van der Waals surface area contributed by atoms with Crippen molar-refractivity contribution < 1.29 is 9.53 Å². The summed E-state index contributed by atoms with van der Waals surface area (Å²) in [5.41, 5.74) is 0.307.